The molecule has 0 aliphatic heterocycles. The standard InChI is InChI=1S/C12H23N3O2/c1-10(16-2)9-11-14-12(17-15-11)7-5-3-4-6-8-13/h10H,3-9,13H2,1-2H3. The number of aryl methyl sites for hydroxylation is 1. The third-order valence-electron chi connectivity index (χ3n) is 2.73. The van der Waals surface area contributed by atoms with Gasteiger partial charge in [-0.25, -0.2) is 0 Å². The minimum atomic E-state index is 0.130. The lowest BCUT2D eigenvalue weighted by molar-refractivity contribution is 0.116. The molecule has 2 N–H and O–H groups in total. The Bertz CT molecular complexity index is 302. The van der Waals surface area contributed by atoms with Gasteiger partial charge < -0.3 is 15.0 Å². The lowest BCUT2D eigenvalue weighted by atomic mass is 10.1. The van der Waals surface area contributed by atoms with Crippen LogP contribution >= 0.6 is 0 Å². The maximum atomic E-state index is 5.43. The van der Waals surface area contributed by atoms with Crippen LogP contribution in [0, 0.1) is 0 Å². The van der Waals surface area contributed by atoms with Gasteiger partial charge in [-0.1, -0.05) is 18.0 Å². The van der Waals surface area contributed by atoms with E-state index in [2.05, 4.69) is 10.1 Å². The Labute approximate surface area is 103 Å². The fourth-order valence-electron chi connectivity index (χ4n) is 1.59. The molecule has 0 aliphatic rings. The molecule has 0 aliphatic carbocycles. The maximum Gasteiger partial charge on any atom is 0.226 e. The molecule has 0 saturated carbocycles. The Hall–Kier alpha value is -0.940. The van der Waals surface area contributed by atoms with Crippen molar-refractivity contribution in [3.05, 3.63) is 11.7 Å². The predicted octanol–water partition coefficient (Wildman–Crippen LogP) is 1.71. The highest BCUT2D eigenvalue weighted by Gasteiger charge is 2.09. The van der Waals surface area contributed by atoms with Gasteiger partial charge >= 0.3 is 0 Å². The Morgan fingerprint density at radius 3 is 2.76 bits per heavy atom. The third-order valence-corrected chi connectivity index (χ3v) is 2.73. The summed E-state index contributed by atoms with van der Waals surface area (Å²) in [5, 5.41) is 3.93. The van der Waals surface area contributed by atoms with Gasteiger partial charge in [-0.05, 0) is 26.3 Å². The van der Waals surface area contributed by atoms with Crippen LogP contribution in [0.25, 0.3) is 0 Å². The van der Waals surface area contributed by atoms with E-state index in [9.17, 15) is 0 Å². The molecule has 1 rings (SSSR count). The third kappa shape index (κ3) is 5.79. The second-order valence-electron chi connectivity index (χ2n) is 4.31. The molecule has 0 fully saturated rings. The molecule has 98 valence electrons. The fourth-order valence-corrected chi connectivity index (χ4v) is 1.59. The van der Waals surface area contributed by atoms with E-state index < -0.39 is 0 Å². The Morgan fingerprint density at radius 2 is 2.06 bits per heavy atom. The van der Waals surface area contributed by atoms with E-state index >= 15 is 0 Å². The maximum absolute atomic E-state index is 5.43. The Balaban J connectivity index is 2.21. The summed E-state index contributed by atoms with van der Waals surface area (Å²) in [7, 11) is 1.68. The summed E-state index contributed by atoms with van der Waals surface area (Å²) in [5.41, 5.74) is 5.43. The van der Waals surface area contributed by atoms with Gasteiger partial charge in [0, 0.05) is 20.0 Å². The van der Waals surface area contributed by atoms with Crippen LogP contribution in [-0.2, 0) is 17.6 Å². The van der Waals surface area contributed by atoms with Crippen LogP contribution in [0.15, 0.2) is 4.52 Å². The molecule has 1 atom stereocenters. The van der Waals surface area contributed by atoms with Gasteiger partial charge in [0.05, 0.1) is 6.10 Å². The molecule has 1 heterocycles. The number of nitrogens with two attached hydrogens (primary N) is 1. The second kappa shape index (κ2) is 8.20. The molecule has 0 bridgehead atoms. The number of rotatable bonds is 9. The Kier molecular flexibility index (Phi) is 6.81. The molecule has 1 aromatic heterocycles. The largest absolute Gasteiger partial charge is 0.381 e. The van der Waals surface area contributed by atoms with Crippen LogP contribution in [0.2, 0.25) is 0 Å². The minimum absolute atomic E-state index is 0.130. The highest BCUT2D eigenvalue weighted by Crippen LogP contribution is 2.07. The summed E-state index contributed by atoms with van der Waals surface area (Å²) in [6.45, 7) is 2.77. The average Bonchev–Trinajstić information content (AvgIpc) is 2.76. The van der Waals surface area contributed by atoms with E-state index in [0.29, 0.717) is 6.42 Å². The first-order valence-electron chi connectivity index (χ1n) is 6.30. The number of hydrogen-bond acceptors (Lipinski definition) is 5. The first-order valence-corrected chi connectivity index (χ1v) is 6.30. The average molecular weight is 241 g/mol. The van der Waals surface area contributed by atoms with E-state index in [4.69, 9.17) is 15.0 Å². The van der Waals surface area contributed by atoms with Gasteiger partial charge in [0.25, 0.3) is 0 Å². The fraction of sp³-hybridized carbons (Fsp3) is 0.833. The molecule has 17 heavy (non-hydrogen) atoms. The van der Waals surface area contributed by atoms with Crippen LogP contribution in [-0.4, -0.2) is 29.9 Å². The summed E-state index contributed by atoms with van der Waals surface area (Å²) in [6, 6.07) is 0. The Morgan fingerprint density at radius 1 is 1.29 bits per heavy atom. The van der Waals surface area contributed by atoms with Crippen molar-refractivity contribution >= 4 is 0 Å². The van der Waals surface area contributed by atoms with Crippen molar-refractivity contribution in [3.63, 3.8) is 0 Å². The molecule has 5 nitrogen and oxygen atoms in total. The van der Waals surface area contributed by atoms with Gasteiger partial charge in [0.1, 0.15) is 0 Å². The molecule has 1 unspecified atom stereocenters. The monoisotopic (exact) mass is 241 g/mol. The predicted molar refractivity (Wildman–Crippen MR) is 65.7 cm³/mol. The molecule has 0 amide bonds. The summed E-state index contributed by atoms with van der Waals surface area (Å²) in [4.78, 5) is 4.33. The van der Waals surface area contributed by atoms with E-state index in [0.717, 1.165) is 37.5 Å². The molecule has 0 spiro atoms. The molecular weight excluding hydrogens is 218 g/mol. The summed E-state index contributed by atoms with van der Waals surface area (Å²) in [6.07, 6.45) is 6.22. The lowest BCUT2D eigenvalue weighted by Crippen LogP contribution is -2.09. The van der Waals surface area contributed by atoms with Gasteiger partial charge in [0.15, 0.2) is 5.82 Å². The van der Waals surface area contributed by atoms with E-state index in [1.807, 2.05) is 6.92 Å². The van der Waals surface area contributed by atoms with Crippen molar-refractivity contribution in [3.8, 4) is 0 Å². The topological polar surface area (TPSA) is 74.2 Å². The van der Waals surface area contributed by atoms with Crippen LogP contribution in [0.3, 0.4) is 0 Å². The van der Waals surface area contributed by atoms with E-state index in [-0.39, 0.29) is 6.10 Å². The SMILES string of the molecule is COC(C)Cc1noc(CCCCCCN)n1. The first kappa shape index (κ1) is 14.1. The van der Waals surface area contributed by atoms with E-state index in [1.54, 1.807) is 7.11 Å². The van der Waals surface area contributed by atoms with E-state index in [1.165, 1.54) is 12.8 Å². The van der Waals surface area contributed by atoms with Gasteiger partial charge in [-0.15, -0.1) is 0 Å². The highest BCUT2D eigenvalue weighted by atomic mass is 16.5. The number of nitrogens with zero attached hydrogens (tertiary/aromatic N) is 2. The zero-order valence-electron chi connectivity index (χ0n) is 10.8. The van der Waals surface area contributed by atoms with Crippen molar-refractivity contribution in [2.45, 2.75) is 51.6 Å². The second-order valence-corrected chi connectivity index (χ2v) is 4.31. The molecular formula is C12H23N3O2. The van der Waals surface area contributed by atoms with Crippen LogP contribution in [0.1, 0.15) is 44.3 Å². The van der Waals surface area contributed by atoms with Crippen LogP contribution < -0.4 is 5.73 Å². The summed E-state index contributed by atoms with van der Waals surface area (Å²) in [5.74, 6) is 1.47. The van der Waals surface area contributed by atoms with Gasteiger partial charge in [0.2, 0.25) is 5.89 Å². The zero-order chi connectivity index (χ0) is 12.5. The van der Waals surface area contributed by atoms with Crippen molar-refractivity contribution in [1.29, 1.82) is 0 Å². The lowest BCUT2D eigenvalue weighted by Gasteiger charge is -2.03. The van der Waals surface area contributed by atoms with Crippen molar-refractivity contribution in [1.82, 2.24) is 10.1 Å². The quantitative estimate of drug-likeness (QED) is 0.666. The summed E-state index contributed by atoms with van der Waals surface area (Å²) < 4.78 is 10.3. The van der Waals surface area contributed by atoms with Crippen LogP contribution in [0.4, 0.5) is 0 Å². The number of hydrogen-bond donors (Lipinski definition) is 1. The number of methoxy groups -OCH3 is 1. The molecule has 5 heteroatoms. The smallest absolute Gasteiger partial charge is 0.226 e. The highest BCUT2D eigenvalue weighted by molar-refractivity contribution is 4.88. The number of unbranched alkanes of at least 4 members (excludes halogenated alkanes) is 3. The molecule has 0 aromatic carbocycles. The van der Waals surface area contributed by atoms with Crippen molar-refractivity contribution in [2.24, 2.45) is 5.73 Å². The first-order chi connectivity index (χ1) is 8.26. The van der Waals surface area contributed by atoms with Crippen molar-refractivity contribution < 1.29 is 9.26 Å². The van der Waals surface area contributed by atoms with Crippen LogP contribution in [0.5, 0.6) is 0 Å². The normalized spacial score (nSPS) is 12.9. The minimum Gasteiger partial charge on any atom is -0.381 e. The number of ether oxygens (including phenoxy) is 1. The zero-order valence-corrected chi connectivity index (χ0v) is 10.8. The summed E-state index contributed by atoms with van der Waals surface area (Å²) >= 11 is 0. The van der Waals surface area contributed by atoms with Gasteiger partial charge in [-0.3, -0.25) is 0 Å². The molecule has 0 radical (unpaired) electrons. The molecule has 1 aromatic rings. The molecule has 0 saturated heterocycles. The van der Waals surface area contributed by atoms with Crippen molar-refractivity contribution in [2.75, 3.05) is 13.7 Å². The van der Waals surface area contributed by atoms with Gasteiger partial charge in [-0.2, -0.15) is 4.98 Å². The number of aromatic nitrogens is 2.